The minimum atomic E-state index is -1.28. The van der Waals surface area contributed by atoms with Gasteiger partial charge < -0.3 is 4.57 Å². The van der Waals surface area contributed by atoms with Crippen LogP contribution in [-0.2, 0) is 0 Å². The van der Waals surface area contributed by atoms with Crippen molar-refractivity contribution in [3.63, 3.8) is 0 Å². The first-order chi connectivity index (χ1) is 6.67. The van der Waals surface area contributed by atoms with E-state index in [-0.39, 0.29) is 0 Å². The second-order valence-electron chi connectivity index (χ2n) is 4.57. The van der Waals surface area contributed by atoms with Crippen LogP contribution in [0.1, 0.15) is 40.0 Å². The maximum absolute atomic E-state index is 4.26. The SMILES string of the molecule is C=C(C)[Si](CC)(CC)N1CCCCC1. The van der Waals surface area contributed by atoms with Crippen molar-refractivity contribution in [2.75, 3.05) is 13.1 Å². The van der Waals surface area contributed by atoms with Crippen LogP contribution in [0, 0.1) is 0 Å². The predicted molar refractivity (Wildman–Crippen MR) is 67.0 cm³/mol. The van der Waals surface area contributed by atoms with Crippen LogP contribution in [0.3, 0.4) is 0 Å². The van der Waals surface area contributed by atoms with Gasteiger partial charge in [-0.25, -0.2) is 0 Å². The van der Waals surface area contributed by atoms with Crippen molar-refractivity contribution in [2.45, 2.75) is 52.1 Å². The van der Waals surface area contributed by atoms with Gasteiger partial charge in [-0.1, -0.05) is 25.5 Å². The van der Waals surface area contributed by atoms with Crippen molar-refractivity contribution in [3.8, 4) is 0 Å². The van der Waals surface area contributed by atoms with E-state index in [1.54, 1.807) is 0 Å². The van der Waals surface area contributed by atoms with E-state index in [9.17, 15) is 0 Å². The first-order valence-electron chi connectivity index (χ1n) is 6.08. The fourth-order valence-electron chi connectivity index (χ4n) is 2.89. The monoisotopic (exact) mass is 211 g/mol. The van der Waals surface area contributed by atoms with Gasteiger partial charge in [0.1, 0.15) is 0 Å². The second kappa shape index (κ2) is 5.13. The molecular weight excluding hydrogens is 186 g/mol. The fraction of sp³-hybridized carbons (Fsp3) is 0.833. The van der Waals surface area contributed by atoms with Gasteiger partial charge in [-0.15, -0.1) is 6.58 Å². The maximum Gasteiger partial charge on any atom is 0.154 e. The highest BCUT2D eigenvalue weighted by atomic mass is 28.3. The van der Waals surface area contributed by atoms with E-state index in [0.29, 0.717) is 0 Å². The predicted octanol–water partition coefficient (Wildman–Crippen LogP) is 3.57. The van der Waals surface area contributed by atoms with Crippen molar-refractivity contribution in [1.82, 2.24) is 4.57 Å². The summed E-state index contributed by atoms with van der Waals surface area (Å²) in [5.74, 6) is 0. The number of hydrogen-bond acceptors (Lipinski definition) is 1. The van der Waals surface area contributed by atoms with Crippen molar-refractivity contribution in [1.29, 1.82) is 0 Å². The normalized spacial score (nSPS) is 19.6. The van der Waals surface area contributed by atoms with Crippen LogP contribution in [0.25, 0.3) is 0 Å². The smallest absolute Gasteiger partial charge is 0.154 e. The Kier molecular flexibility index (Phi) is 4.39. The topological polar surface area (TPSA) is 3.24 Å². The summed E-state index contributed by atoms with van der Waals surface area (Å²) in [6.45, 7) is 13.9. The lowest BCUT2D eigenvalue weighted by Gasteiger charge is -2.44. The third-order valence-corrected chi connectivity index (χ3v) is 9.51. The van der Waals surface area contributed by atoms with Crippen molar-refractivity contribution < 1.29 is 0 Å². The molecule has 1 fully saturated rings. The third-order valence-electron chi connectivity index (χ3n) is 3.93. The summed E-state index contributed by atoms with van der Waals surface area (Å²) < 4.78 is 2.80. The summed E-state index contributed by atoms with van der Waals surface area (Å²) in [5, 5.41) is 1.49. The number of nitrogens with zero attached hydrogens (tertiary/aromatic N) is 1. The molecule has 0 bridgehead atoms. The average Bonchev–Trinajstić information content (AvgIpc) is 2.22. The lowest BCUT2D eigenvalue weighted by molar-refractivity contribution is 0.341. The Morgan fingerprint density at radius 2 is 1.64 bits per heavy atom. The van der Waals surface area contributed by atoms with Gasteiger partial charge in [0, 0.05) is 0 Å². The second-order valence-corrected chi connectivity index (χ2v) is 9.53. The molecule has 0 N–H and O–H groups in total. The molecule has 1 rings (SSSR count). The standard InChI is InChI=1S/C12H25NSi/c1-5-14(6-2,12(3)4)13-10-8-7-9-11-13/h3,5-11H2,1-2,4H3. The van der Waals surface area contributed by atoms with Gasteiger partial charge in [-0.3, -0.25) is 0 Å². The highest BCUT2D eigenvalue weighted by Gasteiger charge is 2.37. The van der Waals surface area contributed by atoms with E-state index in [4.69, 9.17) is 0 Å². The van der Waals surface area contributed by atoms with Crippen LogP contribution in [0.2, 0.25) is 12.1 Å². The van der Waals surface area contributed by atoms with Crippen LogP contribution < -0.4 is 0 Å². The van der Waals surface area contributed by atoms with Gasteiger partial charge in [-0.2, -0.15) is 0 Å². The van der Waals surface area contributed by atoms with Crippen LogP contribution in [0.4, 0.5) is 0 Å². The Labute approximate surface area is 90.3 Å². The van der Waals surface area contributed by atoms with Crippen molar-refractivity contribution in [2.24, 2.45) is 0 Å². The largest absolute Gasteiger partial charge is 0.320 e. The Morgan fingerprint density at radius 3 is 2.00 bits per heavy atom. The first-order valence-corrected chi connectivity index (χ1v) is 8.44. The van der Waals surface area contributed by atoms with E-state index < -0.39 is 8.24 Å². The molecule has 0 aromatic carbocycles. The molecule has 0 atom stereocenters. The molecule has 0 spiro atoms. The molecule has 1 nitrogen and oxygen atoms in total. The van der Waals surface area contributed by atoms with Crippen LogP contribution in [0.15, 0.2) is 11.8 Å². The maximum atomic E-state index is 4.26. The summed E-state index contributed by atoms with van der Waals surface area (Å²) in [5.41, 5.74) is 0. The molecule has 0 aromatic heterocycles. The number of rotatable bonds is 4. The molecule has 14 heavy (non-hydrogen) atoms. The summed E-state index contributed by atoms with van der Waals surface area (Å²) in [6.07, 6.45) is 4.24. The molecule has 1 aliphatic rings. The fourth-order valence-corrected chi connectivity index (χ4v) is 7.21. The lowest BCUT2D eigenvalue weighted by Crippen LogP contribution is -2.55. The molecule has 1 heterocycles. The van der Waals surface area contributed by atoms with E-state index >= 15 is 0 Å². The van der Waals surface area contributed by atoms with Crippen LogP contribution >= 0.6 is 0 Å². The Bertz CT molecular complexity index is 190. The number of allylic oxidation sites excluding steroid dienone is 1. The molecule has 82 valence electrons. The Morgan fingerprint density at radius 1 is 1.14 bits per heavy atom. The molecule has 0 radical (unpaired) electrons. The highest BCUT2D eigenvalue weighted by molar-refractivity contribution is 6.83. The Balaban J connectivity index is 2.78. The molecule has 2 heteroatoms. The van der Waals surface area contributed by atoms with Gasteiger partial charge in [0.2, 0.25) is 0 Å². The van der Waals surface area contributed by atoms with Gasteiger partial charge in [0.25, 0.3) is 0 Å². The van der Waals surface area contributed by atoms with Gasteiger partial charge in [0.15, 0.2) is 8.24 Å². The molecule has 0 saturated carbocycles. The van der Waals surface area contributed by atoms with Crippen molar-refractivity contribution >= 4 is 8.24 Å². The zero-order valence-corrected chi connectivity index (χ0v) is 11.1. The molecule has 1 saturated heterocycles. The summed E-state index contributed by atoms with van der Waals surface area (Å²) in [7, 11) is -1.28. The van der Waals surface area contributed by atoms with E-state index in [2.05, 4.69) is 31.9 Å². The van der Waals surface area contributed by atoms with E-state index in [0.717, 1.165) is 0 Å². The summed E-state index contributed by atoms with van der Waals surface area (Å²) in [6, 6.07) is 2.69. The summed E-state index contributed by atoms with van der Waals surface area (Å²) >= 11 is 0. The first kappa shape index (κ1) is 12.0. The van der Waals surface area contributed by atoms with Crippen LogP contribution in [-0.4, -0.2) is 25.9 Å². The minimum Gasteiger partial charge on any atom is -0.320 e. The van der Waals surface area contributed by atoms with Gasteiger partial charge >= 0.3 is 0 Å². The molecular formula is C12H25NSi. The molecule has 0 aliphatic carbocycles. The Hall–Kier alpha value is -0.0831. The van der Waals surface area contributed by atoms with Crippen LogP contribution in [0.5, 0.6) is 0 Å². The lowest BCUT2D eigenvalue weighted by atomic mass is 10.2. The van der Waals surface area contributed by atoms with Gasteiger partial charge in [-0.05, 0) is 44.9 Å². The molecule has 0 amide bonds. The average molecular weight is 211 g/mol. The van der Waals surface area contributed by atoms with Crippen molar-refractivity contribution in [3.05, 3.63) is 11.8 Å². The summed E-state index contributed by atoms with van der Waals surface area (Å²) in [4.78, 5) is 0. The molecule has 0 aromatic rings. The number of hydrogen-bond donors (Lipinski definition) is 0. The zero-order chi connectivity index (χ0) is 10.6. The molecule has 0 unspecified atom stereocenters. The van der Waals surface area contributed by atoms with E-state index in [1.807, 2.05) is 0 Å². The highest BCUT2D eigenvalue weighted by Crippen LogP contribution is 2.29. The quantitative estimate of drug-likeness (QED) is 0.643. The van der Waals surface area contributed by atoms with E-state index in [1.165, 1.54) is 49.6 Å². The number of piperidine rings is 1. The van der Waals surface area contributed by atoms with Gasteiger partial charge in [0.05, 0.1) is 0 Å². The minimum absolute atomic E-state index is 1.28. The third kappa shape index (κ3) is 2.11. The zero-order valence-electron chi connectivity index (χ0n) is 10.1. The molecule has 1 aliphatic heterocycles.